The van der Waals surface area contributed by atoms with Gasteiger partial charge in [0.2, 0.25) is 0 Å². The van der Waals surface area contributed by atoms with E-state index in [0.29, 0.717) is 22.2 Å². The van der Waals surface area contributed by atoms with Crippen molar-refractivity contribution in [3.63, 3.8) is 0 Å². The maximum atomic E-state index is 14.1. The second kappa shape index (κ2) is 10.9. The van der Waals surface area contributed by atoms with Crippen molar-refractivity contribution in [3.05, 3.63) is 125 Å². The van der Waals surface area contributed by atoms with Crippen molar-refractivity contribution < 1.29 is 18.8 Å². The highest BCUT2D eigenvalue weighted by Crippen LogP contribution is 2.37. The van der Waals surface area contributed by atoms with Crippen LogP contribution in [0, 0.1) is 0 Å². The van der Waals surface area contributed by atoms with Gasteiger partial charge in [0.15, 0.2) is 11.7 Å². The number of oxime groups is 2. The molecular formula is C32H24BrN5O4S. The Hall–Kier alpha value is -5.13. The quantitative estimate of drug-likeness (QED) is 0.0713. The van der Waals surface area contributed by atoms with Crippen LogP contribution in [-0.4, -0.2) is 34.5 Å². The molecule has 214 valence electrons. The van der Waals surface area contributed by atoms with Crippen LogP contribution < -0.4 is 11.5 Å². The van der Waals surface area contributed by atoms with Gasteiger partial charge in [0, 0.05) is 26.4 Å². The Labute approximate surface area is 255 Å². The number of hydrogen-bond acceptors (Lipinski definition) is 6. The van der Waals surface area contributed by atoms with Crippen molar-refractivity contribution in [2.24, 2.45) is 21.8 Å². The van der Waals surface area contributed by atoms with E-state index in [4.69, 9.17) is 21.9 Å². The van der Waals surface area contributed by atoms with E-state index in [9.17, 15) is 8.42 Å². The maximum absolute atomic E-state index is 14.1. The topological polar surface area (TPSA) is 156 Å². The predicted molar refractivity (Wildman–Crippen MR) is 172 cm³/mol. The number of rotatable bonds is 6. The molecular weight excluding hydrogens is 630 g/mol. The zero-order valence-corrected chi connectivity index (χ0v) is 24.8. The number of fused-ring (bicyclic) bond motifs is 3. The van der Waals surface area contributed by atoms with E-state index in [2.05, 4.69) is 26.2 Å². The highest BCUT2D eigenvalue weighted by Gasteiger charge is 2.24. The summed E-state index contributed by atoms with van der Waals surface area (Å²) in [5, 5.41) is 26.0. The summed E-state index contributed by atoms with van der Waals surface area (Å²) in [6.07, 6.45) is 0. The SMILES string of the molecule is N/C(=N\O)c1cccc(-c2ccc3c(c2)c2cc(-c4cccc(/C(N)=N/O)c4)ccc2n3S(=O)(=O)c2ccc(Br)cc2)c1. The first-order chi connectivity index (χ1) is 20.7. The smallest absolute Gasteiger partial charge is 0.268 e. The molecule has 0 bridgehead atoms. The fourth-order valence-electron chi connectivity index (χ4n) is 5.15. The molecule has 6 N–H and O–H groups in total. The molecule has 0 saturated heterocycles. The number of aromatic nitrogens is 1. The summed E-state index contributed by atoms with van der Waals surface area (Å²) in [4.78, 5) is 0.153. The average Bonchev–Trinajstić information content (AvgIpc) is 3.38. The lowest BCUT2D eigenvalue weighted by molar-refractivity contribution is 0.318. The number of nitrogens with zero attached hydrogens (tertiary/aromatic N) is 3. The minimum Gasteiger partial charge on any atom is -0.409 e. The lowest BCUT2D eigenvalue weighted by Gasteiger charge is -2.10. The maximum Gasteiger partial charge on any atom is 0.268 e. The highest BCUT2D eigenvalue weighted by molar-refractivity contribution is 9.10. The first-order valence-electron chi connectivity index (χ1n) is 13.0. The van der Waals surface area contributed by atoms with Crippen LogP contribution in [0.3, 0.4) is 0 Å². The third kappa shape index (κ3) is 4.98. The van der Waals surface area contributed by atoms with Crippen molar-refractivity contribution in [2.75, 3.05) is 0 Å². The summed E-state index contributed by atoms with van der Waals surface area (Å²) in [5.41, 5.74) is 17.0. The molecule has 6 rings (SSSR count). The van der Waals surface area contributed by atoms with E-state index in [1.165, 1.54) is 3.97 Å². The molecule has 11 heteroatoms. The van der Waals surface area contributed by atoms with E-state index in [1.807, 2.05) is 36.4 Å². The number of nitrogens with two attached hydrogens (primary N) is 2. The third-order valence-corrected chi connectivity index (χ3v) is 9.54. The van der Waals surface area contributed by atoms with Crippen molar-refractivity contribution in [1.29, 1.82) is 0 Å². The molecule has 0 amide bonds. The van der Waals surface area contributed by atoms with Gasteiger partial charge in [-0.1, -0.05) is 74.8 Å². The third-order valence-electron chi connectivity index (χ3n) is 7.27. The Kier molecular flexibility index (Phi) is 7.12. The molecule has 0 fully saturated rings. The van der Waals surface area contributed by atoms with Crippen LogP contribution in [0.1, 0.15) is 11.1 Å². The van der Waals surface area contributed by atoms with Crippen molar-refractivity contribution in [1.82, 2.24) is 3.97 Å². The van der Waals surface area contributed by atoms with Gasteiger partial charge in [-0.25, -0.2) is 12.4 Å². The van der Waals surface area contributed by atoms with Crippen LogP contribution in [-0.2, 0) is 10.0 Å². The van der Waals surface area contributed by atoms with Gasteiger partial charge in [-0.3, -0.25) is 0 Å². The summed E-state index contributed by atoms with van der Waals surface area (Å²) in [5.74, 6) is -0.0299. The van der Waals surface area contributed by atoms with Gasteiger partial charge in [-0.15, -0.1) is 0 Å². The Morgan fingerprint density at radius 2 is 1.07 bits per heavy atom. The molecule has 0 atom stereocenters. The molecule has 43 heavy (non-hydrogen) atoms. The monoisotopic (exact) mass is 653 g/mol. The van der Waals surface area contributed by atoms with Gasteiger partial charge in [0.05, 0.1) is 15.9 Å². The molecule has 6 aromatic rings. The molecule has 5 aromatic carbocycles. The summed E-state index contributed by atoms with van der Waals surface area (Å²) in [7, 11) is -3.99. The van der Waals surface area contributed by atoms with Crippen LogP contribution in [0.2, 0.25) is 0 Å². The zero-order valence-electron chi connectivity index (χ0n) is 22.4. The molecule has 9 nitrogen and oxygen atoms in total. The van der Waals surface area contributed by atoms with Crippen LogP contribution >= 0.6 is 15.9 Å². The van der Waals surface area contributed by atoms with Gasteiger partial charge >= 0.3 is 0 Å². The second-order valence-corrected chi connectivity index (χ2v) is 12.5. The summed E-state index contributed by atoms with van der Waals surface area (Å²) in [6.45, 7) is 0. The van der Waals surface area contributed by atoms with Crippen LogP contribution in [0.4, 0.5) is 0 Å². The zero-order chi connectivity index (χ0) is 30.3. The Morgan fingerprint density at radius 3 is 1.51 bits per heavy atom. The van der Waals surface area contributed by atoms with E-state index < -0.39 is 10.0 Å². The van der Waals surface area contributed by atoms with E-state index in [-0.39, 0.29) is 16.6 Å². The number of halogens is 1. The normalized spacial score (nSPS) is 12.7. The van der Waals surface area contributed by atoms with Crippen molar-refractivity contribution >= 4 is 59.4 Å². The summed E-state index contributed by atoms with van der Waals surface area (Å²) in [6, 6.07) is 32.2. The first kappa shape index (κ1) is 28.0. The van der Waals surface area contributed by atoms with Crippen LogP contribution in [0.15, 0.2) is 129 Å². The van der Waals surface area contributed by atoms with Gasteiger partial charge in [-0.05, 0) is 82.9 Å². The lowest BCUT2D eigenvalue weighted by atomic mass is 9.98. The van der Waals surface area contributed by atoms with Crippen molar-refractivity contribution in [2.45, 2.75) is 4.90 Å². The van der Waals surface area contributed by atoms with Crippen molar-refractivity contribution in [3.8, 4) is 22.3 Å². The van der Waals surface area contributed by atoms with Gasteiger partial charge in [-0.2, -0.15) is 0 Å². The predicted octanol–water partition coefficient (Wildman–Crippen LogP) is 6.32. The molecule has 1 heterocycles. The Bertz CT molecular complexity index is 2090. The Morgan fingerprint density at radius 1 is 0.628 bits per heavy atom. The average molecular weight is 655 g/mol. The number of hydrogen-bond donors (Lipinski definition) is 4. The standard InChI is InChI=1S/C32H24BrN5O4S/c33-25-9-11-26(12-10-25)43(41,42)38-29-13-7-21(19-3-1-5-23(15-19)31(34)36-39)17-27(29)28-18-22(8-14-30(28)38)20-4-2-6-24(16-20)32(35)37-40/h1-18,39-40H,(H2,34,36)(H2,35,37). The van der Waals surface area contributed by atoms with Crippen LogP contribution in [0.5, 0.6) is 0 Å². The van der Waals surface area contributed by atoms with Gasteiger partial charge < -0.3 is 21.9 Å². The second-order valence-electron chi connectivity index (χ2n) is 9.82. The molecule has 1 aromatic heterocycles. The molecule has 0 spiro atoms. The van der Waals surface area contributed by atoms with Gasteiger partial charge in [0.25, 0.3) is 10.0 Å². The van der Waals surface area contributed by atoms with E-state index in [1.54, 1.807) is 72.8 Å². The van der Waals surface area contributed by atoms with Gasteiger partial charge in [0.1, 0.15) is 0 Å². The molecule has 0 unspecified atom stereocenters. The van der Waals surface area contributed by atoms with Crippen LogP contribution in [0.25, 0.3) is 44.1 Å². The van der Waals surface area contributed by atoms with E-state index >= 15 is 0 Å². The molecule has 0 aliphatic heterocycles. The molecule has 0 aliphatic rings. The highest BCUT2D eigenvalue weighted by atomic mass is 79.9. The minimum atomic E-state index is -3.99. The number of amidine groups is 2. The first-order valence-corrected chi connectivity index (χ1v) is 15.2. The molecule has 0 radical (unpaired) electrons. The fraction of sp³-hybridized carbons (Fsp3) is 0. The molecule has 0 aliphatic carbocycles. The summed E-state index contributed by atoms with van der Waals surface area (Å²) >= 11 is 3.38. The van der Waals surface area contributed by atoms with E-state index in [0.717, 1.165) is 37.5 Å². The minimum absolute atomic E-state index is 0.0149. The Balaban J connectivity index is 1.62. The fourth-order valence-corrected chi connectivity index (χ4v) is 6.94. The molecule has 0 saturated carbocycles. The lowest BCUT2D eigenvalue weighted by Crippen LogP contribution is -2.13. The largest absolute Gasteiger partial charge is 0.409 e. The number of benzene rings is 5. The summed E-state index contributed by atoms with van der Waals surface area (Å²) < 4.78 is 30.3.